The van der Waals surface area contributed by atoms with Crippen LogP contribution in [0, 0.1) is 13.8 Å². The average molecular weight is 375 g/mol. The molecule has 3 aromatic rings. The van der Waals surface area contributed by atoms with Gasteiger partial charge < -0.3 is 17.0 Å². The van der Waals surface area contributed by atoms with Gasteiger partial charge in [-0.15, -0.1) is 12.6 Å². The first kappa shape index (κ1) is 16.8. The Hall–Kier alpha value is -1.52. The zero-order valence-corrected chi connectivity index (χ0v) is 15.2. The standard InChI is InChI=1S/C18H18N2S.BrH/c1-14-10-15(2)18(21)17(11-14)20-9-8-19(13-20)12-16-6-4-3-5-7-16;/h3-11,13H,12H2,1-2H3;1H. The van der Waals surface area contributed by atoms with Crippen molar-refractivity contribution >= 4 is 12.6 Å². The van der Waals surface area contributed by atoms with Gasteiger partial charge in [-0.2, -0.15) is 0 Å². The number of halogens is 1. The minimum atomic E-state index is 0. The van der Waals surface area contributed by atoms with E-state index in [9.17, 15) is 0 Å². The van der Waals surface area contributed by atoms with Crippen LogP contribution in [-0.4, -0.2) is 4.57 Å². The molecule has 2 nitrogen and oxygen atoms in total. The third kappa shape index (κ3) is 3.62. The lowest BCUT2D eigenvalue weighted by atomic mass is 10.1. The molecule has 0 aliphatic carbocycles. The molecule has 0 aliphatic rings. The molecule has 0 spiro atoms. The lowest BCUT2D eigenvalue weighted by Crippen LogP contribution is -3.00. The van der Waals surface area contributed by atoms with Crippen molar-refractivity contribution in [2.45, 2.75) is 25.3 Å². The molecule has 0 radical (unpaired) electrons. The highest BCUT2D eigenvalue weighted by atomic mass is 79.9. The Kier molecular flexibility index (Phi) is 5.48. The van der Waals surface area contributed by atoms with E-state index in [0.29, 0.717) is 0 Å². The van der Waals surface area contributed by atoms with Gasteiger partial charge >= 0.3 is 0 Å². The highest BCUT2D eigenvalue weighted by Crippen LogP contribution is 2.23. The highest BCUT2D eigenvalue weighted by molar-refractivity contribution is 7.80. The van der Waals surface area contributed by atoms with Crippen LogP contribution in [-0.2, 0) is 6.54 Å². The van der Waals surface area contributed by atoms with E-state index in [2.05, 4.69) is 90.7 Å². The van der Waals surface area contributed by atoms with E-state index in [-0.39, 0.29) is 17.0 Å². The number of hydrogen-bond acceptors (Lipinski definition) is 1. The van der Waals surface area contributed by atoms with Crippen molar-refractivity contribution in [3.8, 4) is 5.69 Å². The topological polar surface area (TPSA) is 8.81 Å². The van der Waals surface area contributed by atoms with Gasteiger partial charge in [-0.25, -0.2) is 9.13 Å². The zero-order chi connectivity index (χ0) is 14.8. The van der Waals surface area contributed by atoms with Gasteiger partial charge in [0.1, 0.15) is 24.6 Å². The summed E-state index contributed by atoms with van der Waals surface area (Å²) in [5.74, 6) is 0. The molecule has 4 heteroatoms. The van der Waals surface area contributed by atoms with Gasteiger partial charge in [-0.05, 0) is 36.6 Å². The molecule has 1 heterocycles. The highest BCUT2D eigenvalue weighted by Gasteiger charge is 2.12. The van der Waals surface area contributed by atoms with Gasteiger partial charge in [0.05, 0.1) is 4.90 Å². The second-order valence-electron chi connectivity index (χ2n) is 5.43. The third-order valence-electron chi connectivity index (χ3n) is 3.60. The Bertz CT molecular complexity index is 766. The summed E-state index contributed by atoms with van der Waals surface area (Å²) in [4.78, 5) is 1.03. The Morgan fingerprint density at radius 1 is 1.09 bits per heavy atom. The minimum absolute atomic E-state index is 0. The molecular formula is C18H19BrN2S. The lowest BCUT2D eigenvalue weighted by molar-refractivity contribution is -0.687. The molecule has 1 aromatic heterocycles. The number of thiol groups is 1. The summed E-state index contributed by atoms with van der Waals surface area (Å²) >= 11 is 4.65. The molecule has 3 rings (SSSR count). The predicted octanol–water partition coefficient (Wildman–Crippen LogP) is 0.723. The van der Waals surface area contributed by atoms with Crippen LogP contribution in [0.2, 0.25) is 0 Å². The quantitative estimate of drug-likeness (QED) is 0.511. The average Bonchev–Trinajstić information content (AvgIpc) is 2.92. The number of imidazole rings is 1. The summed E-state index contributed by atoms with van der Waals surface area (Å²) in [5, 5.41) is 0. The fraction of sp³-hybridized carbons (Fsp3) is 0.167. The normalized spacial score (nSPS) is 10.3. The van der Waals surface area contributed by atoms with Crippen molar-refractivity contribution in [1.29, 1.82) is 0 Å². The van der Waals surface area contributed by atoms with E-state index in [4.69, 9.17) is 0 Å². The van der Waals surface area contributed by atoms with E-state index >= 15 is 0 Å². The molecule has 0 bridgehead atoms. The monoisotopic (exact) mass is 374 g/mol. The van der Waals surface area contributed by atoms with Gasteiger partial charge in [0, 0.05) is 0 Å². The van der Waals surface area contributed by atoms with Crippen molar-refractivity contribution in [1.82, 2.24) is 4.57 Å². The van der Waals surface area contributed by atoms with Gasteiger partial charge in [-0.3, -0.25) is 0 Å². The number of rotatable bonds is 3. The SMILES string of the molecule is Cc1cc(C)c(S)c(-n2cc[n+](Cc3ccccc3)c2)c1.[Br-]. The van der Waals surface area contributed by atoms with E-state index in [1.165, 1.54) is 16.7 Å². The summed E-state index contributed by atoms with van der Waals surface area (Å²) in [7, 11) is 0. The molecule has 0 atom stereocenters. The smallest absolute Gasteiger partial charge is 0.249 e. The van der Waals surface area contributed by atoms with Crippen LogP contribution in [0.25, 0.3) is 5.69 Å². The van der Waals surface area contributed by atoms with E-state index in [1.807, 2.05) is 6.07 Å². The number of hydrogen-bond donors (Lipinski definition) is 1. The van der Waals surface area contributed by atoms with Crippen LogP contribution < -0.4 is 21.5 Å². The summed E-state index contributed by atoms with van der Waals surface area (Å²) in [6, 6.07) is 14.8. The summed E-state index contributed by atoms with van der Waals surface area (Å²) < 4.78 is 4.31. The van der Waals surface area contributed by atoms with Crippen molar-refractivity contribution in [3.05, 3.63) is 77.9 Å². The van der Waals surface area contributed by atoms with Gasteiger partial charge in [0.25, 0.3) is 0 Å². The summed E-state index contributed by atoms with van der Waals surface area (Å²) in [6.07, 6.45) is 6.29. The molecule has 0 saturated heterocycles. The number of nitrogens with zero attached hydrogens (tertiary/aromatic N) is 2. The van der Waals surface area contributed by atoms with Crippen molar-refractivity contribution in [2.24, 2.45) is 0 Å². The molecule has 0 aliphatic heterocycles. The molecule has 0 saturated carbocycles. The Labute approximate surface area is 147 Å². The second kappa shape index (κ2) is 7.16. The van der Waals surface area contributed by atoms with Crippen molar-refractivity contribution in [2.75, 3.05) is 0 Å². The number of aromatic nitrogens is 2. The second-order valence-corrected chi connectivity index (χ2v) is 5.88. The number of benzene rings is 2. The lowest BCUT2D eigenvalue weighted by Gasteiger charge is -2.05. The maximum absolute atomic E-state index is 4.65. The minimum Gasteiger partial charge on any atom is -1.00 e. The summed E-state index contributed by atoms with van der Waals surface area (Å²) in [6.45, 7) is 5.09. The molecule has 0 N–H and O–H groups in total. The molecular weight excluding hydrogens is 356 g/mol. The Morgan fingerprint density at radius 2 is 1.82 bits per heavy atom. The first-order valence-electron chi connectivity index (χ1n) is 7.05. The molecule has 0 fully saturated rings. The molecule has 0 amide bonds. The van der Waals surface area contributed by atoms with Crippen LogP contribution in [0.15, 0.2) is 66.1 Å². The predicted molar refractivity (Wildman–Crippen MR) is 88.2 cm³/mol. The van der Waals surface area contributed by atoms with E-state index in [0.717, 1.165) is 17.1 Å². The van der Waals surface area contributed by atoms with Crippen LogP contribution in [0.1, 0.15) is 16.7 Å². The number of aryl methyl sites for hydroxylation is 2. The molecule has 0 unspecified atom stereocenters. The largest absolute Gasteiger partial charge is 1.00 e. The fourth-order valence-electron chi connectivity index (χ4n) is 2.56. The van der Waals surface area contributed by atoms with Gasteiger partial charge in [0.15, 0.2) is 0 Å². The van der Waals surface area contributed by atoms with E-state index < -0.39 is 0 Å². The third-order valence-corrected chi connectivity index (χ3v) is 4.18. The van der Waals surface area contributed by atoms with E-state index in [1.54, 1.807) is 0 Å². The van der Waals surface area contributed by atoms with Crippen LogP contribution >= 0.6 is 12.6 Å². The van der Waals surface area contributed by atoms with Crippen LogP contribution in [0.5, 0.6) is 0 Å². The zero-order valence-electron chi connectivity index (χ0n) is 12.7. The molecule has 22 heavy (non-hydrogen) atoms. The maximum atomic E-state index is 4.65. The molecule has 114 valence electrons. The van der Waals surface area contributed by atoms with Gasteiger partial charge in [-0.1, -0.05) is 36.4 Å². The van der Waals surface area contributed by atoms with Crippen molar-refractivity contribution < 1.29 is 21.5 Å². The first-order valence-corrected chi connectivity index (χ1v) is 7.50. The maximum Gasteiger partial charge on any atom is 0.249 e. The Balaban J connectivity index is 0.00000176. The van der Waals surface area contributed by atoms with Crippen molar-refractivity contribution in [3.63, 3.8) is 0 Å². The fourth-order valence-corrected chi connectivity index (χ4v) is 2.80. The first-order chi connectivity index (χ1) is 10.1. The van der Waals surface area contributed by atoms with Crippen LogP contribution in [0.3, 0.4) is 0 Å². The molecule has 2 aromatic carbocycles. The van der Waals surface area contributed by atoms with Gasteiger partial charge in [0.2, 0.25) is 6.33 Å². The Morgan fingerprint density at radius 3 is 2.55 bits per heavy atom. The van der Waals surface area contributed by atoms with Crippen LogP contribution in [0.4, 0.5) is 0 Å². The summed E-state index contributed by atoms with van der Waals surface area (Å²) in [5.41, 5.74) is 4.88.